The van der Waals surface area contributed by atoms with Crippen LogP contribution in [-0.2, 0) is 11.2 Å². The van der Waals surface area contributed by atoms with E-state index in [4.69, 9.17) is 4.52 Å². The predicted octanol–water partition coefficient (Wildman–Crippen LogP) is 3.50. The second-order valence-corrected chi connectivity index (χ2v) is 6.44. The number of amides is 1. The van der Waals surface area contributed by atoms with E-state index in [0.717, 1.165) is 19.4 Å². The Hall–Kier alpha value is -2.30. The molecule has 23 heavy (non-hydrogen) atoms. The summed E-state index contributed by atoms with van der Waals surface area (Å²) >= 11 is 0. The number of carbonyl (C=O) groups excluding carboxylic acids is 1. The maximum atomic E-state index is 12.2. The highest BCUT2D eigenvalue weighted by Gasteiger charge is 2.20. The minimum absolute atomic E-state index is 0.0703. The molecule has 1 amide bonds. The summed E-state index contributed by atoms with van der Waals surface area (Å²) in [5.74, 6) is 1.61. The molecule has 5 nitrogen and oxygen atoms in total. The number of nitrogens with zero attached hydrogens (tertiary/aromatic N) is 2. The first-order chi connectivity index (χ1) is 11.0. The lowest BCUT2D eigenvalue weighted by atomic mass is 9.95. The second-order valence-electron chi connectivity index (χ2n) is 6.44. The van der Waals surface area contributed by atoms with Crippen LogP contribution in [0, 0.1) is 6.92 Å². The highest BCUT2D eigenvalue weighted by atomic mass is 16.5. The molecule has 0 saturated carbocycles. The Kier molecular flexibility index (Phi) is 4.37. The van der Waals surface area contributed by atoms with E-state index in [2.05, 4.69) is 47.4 Å². The van der Waals surface area contributed by atoms with E-state index in [9.17, 15) is 4.79 Å². The van der Waals surface area contributed by atoms with Gasteiger partial charge in [0.25, 0.3) is 0 Å². The first-order valence-electron chi connectivity index (χ1n) is 8.14. The van der Waals surface area contributed by atoms with Gasteiger partial charge in [0.05, 0.1) is 6.54 Å². The fourth-order valence-electron chi connectivity index (χ4n) is 3.00. The lowest BCUT2D eigenvalue weighted by molar-refractivity contribution is -0.115. The van der Waals surface area contributed by atoms with Crippen LogP contribution >= 0.6 is 0 Å². The van der Waals surface area contributed by atoms with Crippen LogP contribution in [0.5, 0.6) is 0 Å². The third kappa shape index (κ3) is 3.55. The maximum Gasteiger partial charge on any atom is 0.245 e. The van der Waals surface area contributed by atoms with Crippen molar-refractivity contribution in [2.75, 3.05) is 23.3 Å². The van der Waals surface area contributed by atoms with Crippen LogP contribution in [0.2, 0.25) is 0 Å². The molecule has 0 aliphatic carbocycles. The molecule has 2 heterocycles. The van der Waals surface area contributed by atoms with Crippen molar-refractivity contribution in [1.29, 1.82) is 0 Å². The first-order valence-corrected chi connectivity index (χ1v) is 8.14. The third-order valence-corrected chi connectivity index (χ3v) is 4.21. The average molecular weight is 313 g/mol. The lowest BCUT2D eigenvalue weighted by Crippen LogP contribution is -2.36. The molecule has 3 rings (SSSR count). The van der Waals surface area contributed by atoms with Crippen LogP contribution in [0.25, 0.3) is 0 Å². The van der Waals surface area contributed by atoms with Crippen LogP contribution in [0.1, 0.15) is 43.1 Å². The number of benzene rings is 1. The van der Waals surface area contributed by atoms with Crippen LogP contribution < -0.4 is 10.2 Å². The van der Waals surface area contributed by atoms with Gasteiger partial charge in [-0.3, -0.25) is 4.79 Å². The molecular weight excluding hydrogens is 290 g/mol. The lowest BCUT2D eigenvalue weighted by Gasteiger charge is -2.31. The van der Waals surface area contributed by atoms with Gasteiger partial charge in [0.2, 0.25) is 5.91 Å². The Morgan fingerprint density at radius 3 is 2.91 bits per heavy atom. The molecule has 0 saturated heterocycles. The van der Waals surface area contributed by atoms with E-state index in [1.165, 1.54) is 16.8 Å². The summed E-state index contributed by atoms with van der Waals surface area (Å²) < 4.78 is 4.97. The van der Waals surface area contributed by atoms with Gasteiger partial charge in [-0.15, -0.1) is 0 Å². The zero-order valence-corrected chi connectivity index (χ0v) is 13.9. The molecule has 1 aliphatic rings. The number of fused-ring (bicyclic) bond motifs is 1. The topological polar surface area (TPSA) is 58.4 Å². The molecule has 0 unspecified atom stereocenters. The molecule has 1 aliphatic heterocycles. The van der Waals surface area contributed by atoms with Crippen LogP contribution in [-0.4, -0.2) is 24.2 Å². The molecule has 0 bridgehead atoms. The number of carbonyl (C=O) groups is 1. The van der Waals surface area contributed by atoms with Crippen molar-refractivity contribution >= 4 is 17.4 Å². The Labute approximate surface area is 136 Å². The number of hydrogen-bond acceptors (Lipinski definition) is 4. The van der Waals surface area contributed by atoms with Gasteiger partial charge >= 0.3 is 0 Å². The quantitative estimate of drug-likeness (QED) is 0.938. The van der Waals surface area contributed by atoms with Crippen molar-refractivity contribution in [1.82, 2.24) is 5.16 Å². The number of nitrogens with one attached hydrogen (secondary N) is 1. The Morgan fingerprint density at radius 1 is 1.39 bits per heavy atom. The van der Waals surface area contributed by atoms with E-state index >= 15 is 0 Å². The van der Waals surface area contributed by atoms with Gasteiger partial charge in [0.1, 0.15) is 5.76 Å². The van der Waals surface area contributed by atoms with Crippen molar-refractivity contribution < 1.29 is 9.32 Å². The van der Waals surface area contributed by atoms with E-state index in [1.54, 1.807) is 13.0 Å². The number of aromatic nitrogens is 1. The molecule has 0 spiro atoms. The Morgan fingerprint density at radius 2 is 2.22 bits per heavy atom. The van der Waals surface area contributed by atoms with E-state index in [0.29, 0.717) is 24.0 Å². The largest absolute Gasteiger partial charge is 0.362 e. The highest BCUT2D eigenvalue weighted by Crippen LogP contribution is 2.30. The molecule has 0 radical (unpaired) electrons. The maximum absolute atomic E-state index is 12.2. The number of aryl methyl sites for hydroxylation is 2. The summed E-state index contributed by atoms with van der Waals surface area (Å²) in [5, 5.41) is 6.58. The van der Waals surface area contributed by atoms with Gasteiger partial charge in [-0.2, -0.15) is 0 Å². The summed E-state index contributed by atoms with van der Waals surface area (Å²) in [4.78, 5) is 14.4. The standard InChI is InChI=1S/C18H23N3O2/c1-12(2)14-6-7-16-15(10-14)5-4-8-21(16)11-18(22)19-17-9-13(3)23-20-17/h6-7,9-10,12H,4-5,8,11H2,1-3H3,(H,19,20,22). The van der Waals surface area contributed by atoms with Crippen molar-refractivity contribution in [3.05, 3.63) is 41.2 Å². The normalized spacial score (nSPS) is 14.0. The predicted molar refractivity (Wildman–Crippen MR) is 90.9 cm³/mol. The van der Waals surface area contributed by atoms with Crippen molar-refractivity contribution in [3.8, 4) is 0 Å². The van der Waals surface area contributed by atoms with Crippen molar-refractivity contribution in [2.24, 2.45) is 0 Å². The minimum atomic E-state index is -0.0703. The molecule has 1 aromatic heterocycles. The van der Waals surface area contributed by atoms with Gasteiger partial charge < -0.3 is 14.7 Å². The summed E-state index contributed by atoms with van der Waals surface area (Å²) in [7, 11) is 0. The van der Waals surface area contributed by atoms with Gasteiger partial charge in [-0.1, -0.05) is 31.1 Å². The Bertz CT molecular complexity index is 706. The molecule has 2 aromatic rings. The Balaban J connectivity index is 1.71. The van der Waals surface area contributed by atoms with Crippen LogP contribution in [0.3, 0.4) is 0 Å². The summed E-state index contributed by atoms with van der Waals surface area (Å²) in [6, 6.07) is 8.32. The fraction of sp³-hybridized carbons (Fsp3) is 0.444. The molecule has 122 valence electrons. The second kappa shape index (κ2) is 6.44. The smallest absolute Gasteiger partial charge is 0.245 e. The van der Waals surface area contributed by atoms with Gasteiger partial charge in [0.15, 0.2) is 5.82 Å². The first kappa shape index (κ1) is 15.6. The van der Waals surface area contributed by atoms with Gasteiger partial charge in [-0.05, 0) is 42.9 Å². The van der Waals surface area contributed by atoms with Gasteiger partial charge in [-0.25, -0.2) is 0 Å². The van der Waals surface area contributed by atoms with E-state index in [1.807, 2.05) is 0 Å². The molecule has 0 fully saturated rings. The summed E-state index contributed by atoms with van der Waals surface area (Å²) in [6.45, 7) is 7.44. The van der Waals surface area contributed by atoms with Crippen molar-refractivity contribution in [2.45, 2.75) is 39.5 Å². The zero-order valence-electron chi connectivity index (χ0n) is 13.9. The van der Waals surface area contributed by atoms with Gasteiger partial charge in [0, 0.05) is 18.3 Å². The van der Waals surface area contributed by atoms with E-state index < -0.39 is 0 Å². The third-order valence-electron chi connectivity index (χ3n) is 4.21. The molecule has 5 heteroatoms. The summed E-state index contributed by atoms with van der Waals surface area (Å²) in [5.41, 5.74) is 3.87. The molecule has 1 aromatic carbocycles. The monoisotopic (exact) mass is 313 g/mol. The van der Waals surface area contributed by atoms with Crippen LogP contribution in [0.4, 0.5) is 11.5 Å². The number of hydrogen-bond donors (Lipinski definition) is 1. The highest BCUT2D eigenvalue weighted by molar-refractivity contribution is 5.93. The van der Waals surface area contributed by atoms with Crippen LogP contribution in [0.15, 0.2) is 28.8 Å². The zero-order chi connectivity index (χ0) is 16.4. The molecular formula is C18H23N3O2. The number of rotatable bonds is 4. The SMILES string of the molecule is Cc1cc(NC(=O)CN2CCCc3cc(C(C)C)ccc32)no1. The molecule has 1 N–H and O–H groups in total. The average Bonchev–Trinajstić information content (AvgIpc) is 2.92. The molecule has 0 atom stereocenters. The van der Waals surface area contributed by atoms with Crippen molar-refractivity contribution in [3.63, 3.8) is 0 Å². The van der Waals surface area contributed by atoms with E-state index in [-0.39, 0.29) is 5.91 Å². The minimum Gasteiger partial charge on any atom is -0.362 e. The summed E-state index contributed by atoms with van der Waals surface area (Å²) in [6.07, 6.45) is 2.15. The fourth-order valence-corrected chi connectivity index (χ4v) is 3.00. The number of anilines is 2.